The van der Waals surface area contributed by atoms with Crippen molar-refractivity contribution >= 4 is 11.6 Å². The summed E-state index contributed by atoms with van der Waals surface area (Å²) in [6.07, 6.45) is -0.190. The lowest BCUT2D eigenvalue weighted by molar-refractivity contribution is -0.142. The van der Waals surface area contributed by atoms with Crippen molar-refractivity contribution in [2.45, 2.75) is 12.7 Å². The number of hydrogen-bond acceptors (Lipinski definition) is 7. The number of H-pyrrole nitrogens is 1. The van der Waals surface area contributed by atoms with E-state index in [9.17, 15) is 22.8 Å². The van der Waals surface area contributed by atoms with Gasteiger partial charge in [0.25, 0.3) is 11.1 Å². The maximum atomic E-state index is 13.5. The molecule has 0 unspecified atom stereocenters. The van der Waals surface area contributed by atoms with Crippen LogP contribution in [0.1, 0.15) is 16.8 Å². The van der Waals surface area contributed by atoms with Gasteiger partial charge in [0.05, 0.1) is 30.1 Å². The number of aromatic nitrogens is 6. The summed E-state index contributed by atoms with van der Waals surface area (Å²) in [5, 5.41) is 13.0. The molecule has 0 spiro atoms. The normalized spacial score (nSPS) is 11.3. The fourth-order valence-corrected chi connectivity index (χ4v) is 3.12. The molecule has 172 valence electrons. The van der Waals surface area contributed by atoms with Gasteiger partial charge in [-0.25, -0.2) is 14.6 Å². The van der Waals surface area contributed by atoms with Gasteiger partial charge in [-0.3, -0.25) is 19.1 Å². The zero-order valence-electron chi connectivity index (χ0n) is 16.7. The number of alkyl halides is 3. The van der Waals surface area contributed by atoms with Crippen molar-refractivity contribution in [1.82, 2.24) is 29.3 Å². The Morgan fingerprint density at radius 2 is 2.00 bits per heavy atom. The van der Waals surface area contributed by atoms with Gasteiger partial charge in [0.1, 0.15) is 5.75 Å². The number of halogens is 4. The van der Waals surface area contributed by atoms with E-state index >= 15 is 0 Å². The molecule has 4 aromatic rings. The third-order valence-corrected chi connectivity index (χ3v) is 4.63. The van der Waals surface area contributed by atoms with Crippen LogP contribution in [-0.4, -0.2) is 29.3 Å². The lowest BCUT2D eigenvalue weighted by atomic mass is 10.2. The molecule has 0 aliphatic carbocycles. The largest absolute Gasteiger partial charge is 0.449 e. The van der Waals surface area contributed by atoms with E-state index in [-0.39, 0.29) is 27.8 Å². The summed E-state index contributed by atoms with van der Waals surface area (Å²) in [5.41, 5.74) is -3.44. The van der Waals surface area contributed by atoms with Gasteiger partial charge in [0.2, 0.25) is 11.7 Å². The number of ether oxygens (including phenoxy) is 1. The first-order valence-electron chi connectivity index (χ1n) is 9.29. The minimum Gasteiger partial charge on any atom is -0.449 e. The Bertz CT molecular complexity index is 1520. The van der Waals surface area contributed by atoms with E-state index in [4.69, 9.17) is 21.6 Å². The van der Waals surface area contributed by atoms with E-state index in [0.29, 0.717) is 6.33 Å². The highest BCUT2D eigenvalue weighted by Crippen LogP contribution is 2.35. The summed E-state index contributed by atoms with van der Waals surface area (Å²) in [4.78, 5) is 35.2. The van der Waals surface area contributed by atoms with Crippen molar-refractivity contribution in [2.75, 3.05) is 0 Å². The molecule has 0 radical (unpaired) electrons. The van der Waals surface area contributed by atoms with Crippen LogP contribution >= 0.6 is 11.6 Å². The molecule has 3 aromatic heterocycles. The number of aromatic amines is 1. The Kier molecular flexibility index (Phi) is 5.91. The molecule has 10 nitrogen and oxygen atoms in total. The third kappa shape index (κ3) is 4.66. The van der Waals surface area contributed by atoms with Crippen molar-refractivity contribution < 1.29 is 17.9 Å². The minimum absolute atomic E-state index is 0.00940. The fraction of sp³-hybridized carbons (Fsp3) is 0.100. The number of rotatable bonds is 5. The van der Waals surface area contributed by atoms with E-state index in [1.54, 1.807) is 18.3 Å². The highest BCUT2D eigenvalue weighted by atomic mass is 35.5. The lowest BCUT2D eigenvalue weighted by Crippen LogP contribution is -2.29. The summed E-state index contributed by atoms with van der Waals surface area (Å²) in [6, 6.07) is 6.92. The van der Waals surface area contributed by atoms with Crippen LogP contribution in [0.25, 0.3) is 5.95 Å². The monoisotopic (exact) mass is 489 g/mol. The Labute approximate surface area is 192 Å². The number of hydrogen-bond donors (Lipinski definition) is 1. The van der Waals surface area contributed by atoms with Gasteiger partial charge in [0.15, 0.2) is 5.69 Å². The Balaban J connectivity index is 1.74. The van der Waals surface area contributed by atoms with Gasteiger partial charge in [0, 0.05) is 23.6 Å². The highest BCUT2D eigenvalue weighted by molar-refractivity contribution is 6.30. The smallest absolute Gasteiger partial charge is 0.437 e. The molecule has 34 heavy (non-hydrogen) atoms. The van der Waals surface area contributed by atoms with E-state index in [1.807, 2.05) is 0 Å². The second-order valence-electron chi connectivity index (χ2n) is 6.75. The average molecular weight is 490 g/mol. The molecular weight excluding hydrogens is 479 g/mol. The Morgan fingerprint density at radius 3 is 2.65 bits per heavy atom. The summed E-state index contributed by atoms with van der Waals surface area (Å²) in [5.74, 6) is -1.30. The second-order valence-corrected chi connectivity index (χ2v) is 7.19. The molecule has 3 heterocycles. The minimum atomic E-state index is -5.02. The molecule has 14 heteroatoms. The fourth-order valence-electron chi connectivity index (χ4n) is 2.90. The van der Waals surface area contributed by atoms with Crippen LogP contribution in [-0.2, 0) is 12.7 Å². The van der Waals surface area contributed by atoms with Crippen LogP contribution in [0.15, 0.2) is 58.8 Å². The third-order valence-electron chi connectivity index (χ3n) is 4.41. The van der Waals surface area contributed by atoms with Crippen LogP contribution in [0.2, 0.25) is 5.02 Å². The number of benzene rings is 1. The van der Waals surface area contributed by atoms with Gasteiger partial charge in [-0.05, 0) is 24.3 Å². The standard InChI is InChI=1S/C20H11ClF3N7O3/c21-13-4-11(7-25)5-14(6-13)34-15-16(20(22,23)24)27-10-30(18(15)33)9-12-8-26-19(29-17(12)32)31-3-1-2-28-31/h1-6,8,10H,9H2,(H,26,29,32). The van der Waals surface area contributed by atoms with Gasteiger partial charge in [-0.1, -0.05) is 11.6 Å². The molecule has 1 aromatic carbocycles. The summed E-state index contributed by atoms with van der Waals surface area (Å²) < 4.78 is 47.8. The number of nitrogens with one attached hydrogen (secondary N) is 1. The topological polar surface area (TPSA) is 131 Å². The van der Waals surface area contributed by atoms with Crippen molar-refractivity contribution in [3.8, 4) is 23.5 Å². The lowest BCUT2D eigenvalue weighted by Gasteiger charge is -2.15. The summed E-state index contributed by atoms with van der Waals surface area (Å²) in [7, 11) is 0. The average Bonchev–Trinajstić information content (AvgIpc) is 3.31. The molecule has 1 N–H and O–H groups in total. The quantitative estimate of drug-likeness (QED) is 0.456. The SMILES string of the molecule is N#Cc1cc(Cl)cc(Oc2c(C(F)(F)F)ncn(Cc3cnc(-n4cccn4)[nH]c3=O)c2=O)c1. The van der Waals surface area contributed by atoms with Crippen LogP contribution in [0.4, 0.5) is 13.2 Å². The first-order chi connectivity index (χ1) is 16.2. The second kappa shape index (κ2) is 8.83. The van der Waals surface area contributed by atoms with E-state index in [1.165, 1.54) is 16.9 Å². The summed E-state index contributed by atoms with van der Waals surface area (Å²) in [6.45, 7) is -0.443. The van der Waals surface area contributed by atoms with Crippen molar-refractivity contribution in [2.24, 2.45) is 0 Å². The first kappa shape index (κ1) is 22.7. The molecule has 0 aliphatic rings. The van der Waals surface area contributed by atoms with Gasteiger partial charge < -0.3 is 4.74 Å². The van der Waals surface area contributed by atoms with Crippen LogP contribution in [0.3, 0.4) is 0 Å². The van der Waals surface area contributed by atoms with Crippen molar-refractivity contribution in [3.05, 3.63) is 91.7 Å². The van der Waals surface area contributed by atoms with Crippen molar-refractivity contribution in [3.63, 3.8) is 0 Å². The molecule has 0 aliphatic heterocycles. The van der Waals surface area contributed by atoms with Gasteiger partial charge in [-0.2, -0.15) is 23.5 Å². The van der Waals surface area contributed by atoms with E-state index in [2.05, 4.69) is 20.1 Å². The zero-order chi connectivity index (χ0) is 24.5. The summed E-state index contributed by atoms with van der Waals surface area (Å²) >= 11 is 5.87. The van der Waals surface area contributed by atoms with Crippen molar-refractivity contribution in [1.29, 1.82) is 5.26 Å². The van der Waals surface area contributed by atoms with Crippen LogP contribution < -0.4 is 15.9 Å². The maximum Gasteiger partial charge on any atom is 0.437 e. The van der Waals surface area contributed by atoms with Gasteiger partial charge >= 0.3 is 6.18 Å². The van der Waals surface area contributed by atoms with Crippen LogP contribution in [0, 0.1) is 11.3 Å². The van der Waals surface area contributed by atoms with E-state index < -0.39 is 35.3 Å². The van der Waals surface area contributed by atoms with Crippen LogP contribution in [0.5, 0.6) is 11.5 Å². The number of nitrogens with zero attached hydrogens (tertiary/aromatic N) is 6. The molecular formula is C20H11ClF3N7O3. The van der Waals surface area contributed by atoms with Gasteiger partial charge in [-0.15, -0.1) is 0 Å². The molecule has 0 saturated carbocycles. The molecule has 0 fully saturated rings. The molecule has 0 atom stereocenters. The molecule has 4 rings (SSSR count). The predicted octanol–water partition coefficient (Wildman–Crippen LogP) is 2.90. The van der Waals surface area contributed by atoms with E-state index in [0.717, 1.165) is 22.9 Å². The predicted molar refractivity (Wildman–Crippen MR) is 111 cm³/mol. The Hall–Kier alpha value is -4.44. The zero-order valence-corrected chi connectivity index (χ0v) is 17.5. The molecule has 0 amide bonds. The highest BCUT2D eigenvalue weighted by Gasteiger charge is 2.38. The molecule has 0 bridgehead atoms. The number of nitriles is 1. The molecule has 0 saturated heterocycles. The maximum absolute atomic E-state index is 13.5. The first-order valence-corrected chi connectivity index (χ1v) is 9.67. The Morgan fingerprint density at radius 1 is 1.21 bits per heavy atom.